The lowest BCUT2D eigenvalue weighted by Gasteiger charge is -2.29. The molecule has 0 amide bonds. The van der Waals surface area contributed by atoms with Crippen molar-refractivity contribution in [3.63, 3.8) is 0 Å². The lowest BCUT2D eigenvalue weighted by Crippen LogP contribution is -2.40. The van der Waals surface area contributed by atoms with E-state index in [9.17, 15) is 0 Å². The number of nitrogens with zero attached hydrogens (tertiary/aromatic N) is 2. The van der Waals surface area contributed by atoms with Gasteiger partial charge in [-0.25, -0.2) is 0 Å². The van der Waals surface area contributed by atoms with Crippen molar-refractivity contribution in [3.05, 3.63) is 54.1 Å². The van der Waals surface area contributed by atoms with Crippen LogP contribution < -0.4 is 14.8 Å². The van der Waals surface area contributed by atoms with Crippen LogP contribution in [0.25, 0.3) is 0 Å². The molecule has 30 heavy (non-hydrogen) atoms. The van der Waals surface area contributed by atoms with Crippen LogP contribution >= 0.6 is 12.2 Å². The molecule has 0 spiro atoms. The summed E-state index contributed by atoms with van der Waals surface area (Å²) in [4.78, 5) is 4.68. The molecule has 2 aromatic carbocycles. The maximum Gasteiger partial charge on any atom is 0.173 e. The number of thiocarbonyl (C=S) groups is 1. The Morgan fingerprint density at radius 3 is 2.20 bits per heavy atom. The first-order valence-corrected chi connectivity index (χ1v) is 10.7. The monoisotopic (exact) mass is 429 g/mol. The van der Waals surface area contributed by atoms with Crippen LogP contribution in [0.15, 0.2) is 48.5 Å². The minimum absolute atomic E-state index is 0.720. The molecule has 0 aliphatic carbocycles. The number of morpholine rings is 1. The highest BCUT2D eigenvalue weighted by Gasteiger charge is 2.14. The van der Waals surface area contributed by atoms with Gasteiger partial charge in [0.2, 0.25) is 0 Å². The van der Waals surface area contributed by atoms with Crippen molar-refractivity contribution in [2.75, 3.05) is 58.9 Å². The number of methoxy groups -OCH3 is 2. The Balaban J connectivity index is 1.62. The van der Waals surface area contributed by atoms with Gasteiger partial charge in [-0.2, -0.15) is 0 Å². The molecule has 0 radical (unpaired) electrons. The molecule has 2 aromatic rings. The highest BCUT2D eigenvalue weighted by Crippen LogP contribution is 2.17. The van der Waals surface area contributed by atoms with Crippen molar-refractivity contribution in [1.29, 1.82) is 0 Å². The van der Waals surface area contributed by atoms with E-state index < -0.39 is 0 Å². The lowest BCUT2D eigenvalue weighted by atomic mass is 10.2. The topological polar surface area (TPSA) is 46.2 Å². The third kappa shape index (κ3) is 6.86. The van der Waals surface area contributed by atoms with E-state index in [1.165, 1.54) is 5.56 Å². The summed E-state index contributed by atoms with van der Waals surface area (Å²) in [5.74, 6) is 1.68. The van der Waals surface area contributed by atoms with Crippen LogP contribution in [0.5, 0.6) is 11.5 Å². The second kappa shape index (κ2) is 11.7. The minimum Gasteiger partial charge on any atom is -0.497 e. The first-order chi connectivity index (χ1) is 14.7. The van der Waals surface area contributed by atoms with Gasteiger partial charge >= 0.3 is 0 Å². The van der Waals surface area contributed by atoms with Crippen molar-refractivity contribution >= 4 is 23.0 Å². The minimum atomic E-state index is 0.720. The number of hydrogen-bond acceptors (Lipinski definition) is 5. The summed E-state index contributed by atoms with van der Waals surface area (Å²) in [6.45, 7) is 6.34. The summed E-state index contributed by atoms with van der Waals surface area (Å²) in [5.41, 5.74) is 2.15. The molecule has 0 atom stereocenters. The van der Waals surface area contributed by atoms with Crippen molar-refractivity contribution in [2.24, 2.45) is 0 Å². The Morgan fingerprint density at radius 2 is 1.60 bits per heavy atom. The van der Waals surface area contributed by atoms with Gasteiger partial charge < -0.3 is 24.4 Å². The Hall–Kier alpha value is -2.35. The largest absolute Gasteiger partial charge is 0.497 e. The summed E-state index contributed by atoms with van der Waals surface area (Å²) in [5, 5.41) is 4.09. The van der Waals surface area contributed by atoms with Gasteiger partial charge in [-0.05, 0) is 60.6 Å². The van der Waals surface area contributed by atoms with Crippen LogP contribution in [0.2, 0.25) is 0 Å². The third-order valence-electron chi connectivity index (χ3n) is 5.17. The summed E-state index contributed by atoms with van der Waals surface area (Å²) in [7, 11) is 3.35. The molecule has 0 aromatic heterocycles. The SMILES string of the molecule is COc1ccc(CN(CCCN2CCOCC2)C(=S)Nc2ccc(OC)cc2)cc1. The lowest BCUT2D eigenvalue weighted by molar-refractivity contribution is 0.0368. The molecule has 1 N–H and O–H groups in total. The average molecular weight is 430 g/mol. The zero-order valence-corrected chi connectivity index (χ0v) is 18.6. The van der Waals surface area contributed by atoms with Gasteiger partial charge in [-0.15, -0.1) is 0 Å². The number of ether oxygens (including phenoxy) is 3. The number of nitrogens with one attached hydrogen (secondary N) is 1. The van der Waals surface area contributed by atoms with Gasteiger partial charge in [-0.1, -0.05) is 12.1 Å². The number of anilines is 1. The van der Waals surface area contributed by atoms with Crippen LogP contribution in [0.4, 0.5) is 5.69 Å². The summed E-state index contributed by atoms with van der Waals surface area (Å²) < 4.78 is 16.0. The molecular weight excluding hydrogens is 398 g/mol. The van der Waals surface area contributed by atoms with Gasteiger partial charge in [0, 0.05) is 38.4 Å². The van der Waals surface area contributed by atoms with Gasteiger partial charge in [0.1, 0.15) is 11.5 Å². The fraction of sp³-hybridized carbons (Fsp3) is 0.435. The molecule has 6 nitrogen and oxygen atoms in total. The summed E-state index contributed by atoms with van der Waals surface area (Å²) in [6.07, 6.45) is 1.04. The molecule has 1 aliphatic rings. The van der Waals surface area contributed by atoms with E-state index in [4.69, 9.17) is 26.4 Å². The predicted octanol–water partition coefficient (Wildman–Crippen LogP) is 3.63. The van der Waals surface area contributed by atoms with E-state index in [1.807, 2.05) is 36.4 Å². The zero-order chi connectivity index (χ0) is 21.2. The fourth-order valence-corrected chi connectivity index (χ4v) is 3.66. The third-order valence-corrected chi connectivity index (χ3v) is 5.53. The molecule has 0 unspecified atom stereocenters. The predicted molar refractivity (Wildman–Crippen MR) is 124 cm³/mol. The quantitative estimate of drug-likeness (QED) is 0.611. The van der Waals surface area contributed by atoms with Crippen molar-refractivity contribution < 1.29 is 14.2 Å². The Labute approximate surface area is 184 Å². The van der Waals surface area contributed by atoms with E-state index >= 15 is 0 Å². The molecule has 1 fully saturated rings. The maximum absolute atomic E-state index is 5.76. The Bertz CT molecular complexity index is 777. The van der Waals surface area contributed by atoms with Crippen LogP contribution in [0.1, 0.15) is 12.0 Å². The molecular formula is C23H31N3O3S. The van der Waals surface area contributed by atoms with Crippen LogP contribution in [-0.4, -0.2) is 68.5 Å². The Morgan fingerprint density at radius 1 is 1.00 bits per heavy atom. The van der Waals surface area contributed by atoms with Crippen molar-refractivity contribution in [1.82, 2.24) is 9.80 Å². The number of benzene rings is 2. The molecule has 3 rings (SSSR count). The van der Waals surface area contributed by atoms with Crippen LogP contribution in [0, 0.1) is 0 Å². The van der Waals surface area contributed by atoms with Crippen LogP contribution in [0.3, 0.4) is 0 Å². The summed E-state index contributed by atoms with van der Waals surface area (Å²) >= 11 is 5.76. The molecule has 7 heteroatoms. The fourth-order valence-electron chi connectivity index (χ4n) is 3.39. The van der Waals surface area contributed by atoms with Gasteiger partial charge in [0.25, 0.3) is 0 Å². The van der Waals surface area contributed by atoms with E-state index in [1.54, 1.807) is 14.2 Å². The Kier molecular flexibility index (Phi) is 8.74. The van der Waals surface area contributed by atoms with E-state index in [-0.39, 0.29) is 0 Å². The second-order valence-electron chi connectivity index (χ2n) is 7.24. The summed E-state index contributed by atoms with van der Waals surface area (Å²) in [6, 6.07) is 16.0. The first kappa shape index (κ1) is 22.3. The highest BCUT2D eigenvalue weighted by atomic mass is 32.1. The van der Waals surface area contributed by atoms with Crippen molar-refractivity contribution in [3.8, 4) is 11.5 Å². The zero-order valence-electron chi connectivity index (χ0n) is 17.8. The maximum atomic E-state index is 5.76. The van der Waals surface area contributed by atoms with Crippen LogP contribution in [-0.2, 0) is 11.3 Å². The standard InChI is InChI=1S/C23H31N3O3S/c1-27-21-8-4-19(5-9-21)18-26(13-3-12-25-14-16-29-17-15-25)23(30)24-20-6-10-22(28-2)11-7-20/h4-11H,3,12-18H2,1-2H3,(H,24,30). The first-order valence-electron chi connectivity index (χ1n) is 10.3. The molecule has 0 saturated carbocycles. The molecule has 1 heterocycles. The highest BCUT2D eigenvalue weighted by molar-refractivity contribution is 7.80. The smallest absolute Gasteiger partial charge is 0.173 e. The van der Waals surface area contributed by atoms with E-state index in [2.05, 4.69) is 27.2 Å². The number of hydrogen-bond donors (Lipinski definition) is 1. The molecule has 1 saturated heterocycles. The van der Waals surface area contributed by atoms with E-state index in [0.717, 1.165) is 74.7 Å². The average Bonchev–Trinajstić information content (AvgIpc) is 2.80. The van der Waals surface area contributed by atoms with Gasteiger partial charge in [0.05, 0.1) is 27.4 Å². The molecule has 1 aliphatic heterocycles. The van der Waals surface area contributed by atoms with Crippen molar-refractivity contribution in [2.45, 2.75) is 13.0 Å². The van der Waals surface area contributed by atoms with E-state index in [0.29, 0.717) is 0 Å². The van der Waals surface area contributed by atoms with Gasteiger partial charge in [0.15, 0.2) is 5.11 Å². The normalized spacial score (nSPS) is 14.2. The second-order valence-corrected chi connectivity index (χ2v) is 7.62. The van der Waals surface area contributed by atoms with Gasteiger partial charge in [-0.3, -0.25) is 4.90 Å². The molecule has 162 valence electrons. The number of rotatable bonds is 9. The molecule has 0 bridgehead atoms.